The quantitative estimate of drug-likeness (QED) is 0.912. The van der Waals surface area contributed by atoms with Gasteiger partial charge in [-0.1, -0.05) is 28.8 Å². The fourth-order valence-corrected chi connectivity index (χ4v) is 4.18. The lowest BCUT2D eigenvalue weighted by Crippen LogP contribution is -2.36. The zero-order valence-corrected chi connectivity index (χ0v) is 13.4. The highest BCUT2D eigenvalue weighted by molar-refractivity contribution is 9.10. The van der Waals surface area contributed by atoms with Crippen molar-refractivity contribution in [2.75, 3.05) is 17.8 Å². The van der Waals surface area contributed by atoms with Crippen molar-refractivity contribution in [3.05, 3.63) is 28.2 Å². The van der Waals surface area contributed by atoms with E-state index in [1.807, 2.05) is 19.1 Å². The van der Waals surface area contributed by atoms with Crippen molar-refractivity contribution in [2.24, 2.45) is 0 Å². The highest BCUT2D eigenvalue weighted by Gasteiger charge is 2.22. The average Bonchev–Trinajstić information content (AvgIpc) is 2.55. The molecular weight excluding hydrogens is 328 g/mol. The number of nitrogens with one attached hydrogen (secondary N) is 1. The topological polar surface area (TPSA) is 49.4 Å². The summed E-state index contributed by atoms with van der Waals surface area (Å²) in [7, 11) is -3.43. The molecule has 0 amide bonds. The van der Waals surface area contributed by atoms with Crippen molar-refractivity contribution >= 4 is 31.8 Å². The molecule has 6 heteroatoms. The molecule has 1 N–H and O–H groups in total. The molecule has 0 radical (unpaired) electrons. The van der Waals surface area contributed by atoms with Gasteiger partial charge in [0.1, 0.15) is 0 Å². The van der Waals surface area contributed by atoms with Gasteiger partial charge in [0.15, 0.2) is 0 Å². The highest BCUT2D eigenvalue weighted by Crippen LogP contribution is 2.21. The van der Waals surface area contributed by atoms with Gasteiger partial charge in [0, 0.05) is 17.6 Å². The molecular formula is C13H19BrN2O2S. The predicted molar refractivity (Wildman–Crippen MR) is 81.5 cm³/mol. The molecule has 19 heavy (non-hydrogen) atoms. The third-order valence-electron chi connectivity index (χ3n) is 3.19. The average molecular weight is 347 g/mol. The van der Waals surface area contributed by atoms with Crippen LogP contribution in [-0.2, 0) is 10.2 Å². The molecule has 1 aromatic rings. The summed E-state index contributed by atoms with van der Waals surface area (Å²) in [6.45, 7) is 3.17. The van der Waals surface area contributed by atoms with Crippen LogP contribution in [0.25, 0.3) is 0 Å². The van der Waals surface area contributed by atoms with Crippen molar-refractivity contribution < 1.29 is 8.42 Å². The van der Waals surface area contributed by atoms with Gasteiger partial charge >= 0.3 is 10.2 Å². The van der Waals surface area contributed by atoms with Crippen LogP contribution in [0.5, 0.6) is 0 Å². The Balaban J connectivity index is 2.15. The van der Waals surface area contributed by atoms with Gasteiger partial charge < -0.3 is 0 Å². The van der Waals surface area contributed by atoms with E-state index in [1.165, 1.54) is 0 Å². The van der Waals surface area contributed by atoms with Crippen molar-refractivity contribution in [1.29, 1.82) is 0 Å². The second-order valence-electron chi connectivity index (χ2n) is 4.94. The van der Waals surface area contributed by atoms with Crippen LogP contribution in [0, 0.1) is 6.92 Å². The van der Waals surface area contributed by atoms with Crippen molar-refractivity contribution in [3.8, 4) is 0 Å². The van der Waals surface area contributed by atoms with Gasteiger partial charge in [-0.15, -0.1) is 0 Å². The Morgan fingerprint density at radius 3 is 2.32 bits per heavy atom. The normalized spacial score (nSPS) is 18.0. The Morgan fingerprint density at radius 2 is 1.74 bits per heavy atom. The van der Waals surface area contributed by atoms with Crippen molar-refractivity contribution in [2.45, 2.75) is 32.6 Å². The molecule has 0 atom stereocenters. The minimum Gasteiger partial charge on any atom is -0.271 e. The number of halogens is 1. The Kier molecular flexibility index (Phi) is 4.86. The van der Waals surface area contributed by atoms with E-state index in [4.69, 9.17) is 0 Å². The lowest BCUT2D eigenvalue weighted by molar-refractivity contribution is 0.427. The van der Waals surface area contributed by atoms with Crippen LogP contribution in [0.3, 0.4) is 0 Å². The van der Waals surface area contributed by atoms with E-state index in [0.29, 0.717) is 18.8 Å². The molecule has 4 nitrogen and oxygen atoms in total. The van der Waals surface area contributed by atoms with E-state index < -0.39 is 10.2 Å². The van der Waals surface area contributed by atoms with Crippen LogP contribution < -0.4 is 4.72 Å². The standard InChI is InChI=1S/C13H19BrN2O2S/c1-11-8-12(14)10-13(9-11)15-19(17,18)16-6-4-2-3-5-7-16/h8-10,15H,2-7H2,1H3. The fraction of sp³-hybridized carbons (Fsp3) is 0.538. The molecule has 1 saturated heterocycles. The van der Waals surface area contributed by atoms with E-state index >= 15 is 0 Å². The molecule has 0 aromatic heterocycles. The molecule has 0 spiro atoms. The number of anilines is 1. The molecule has 0 saturated carbocycles. The molecule has 0 bridgehead atoms. The molecule has 2 rings (SSSR count). The summed E-state index contributed by atoms with van der Waals surface area (Å²) >= 11 is 3.38. The summed E-state index contributed by atoms with van der Waals surface area (Å²) in [5, 5.41) is 0. The summed E-state index contributed by atoms with van der Waals surface area (Å²) in [4.78, 5) is 0. The lowest BCUT2D eigenvalue weighted by atomic mass is 10.2. The molecule has 1 heterocycles. The van der Waals surface area contributed by atoms with Gasteiger partial charge in [0.25, 0.3) is 0 Å². The first-order chi connectivity index (χ1) is 8.97. The smallest absolute Gasteiger partial charge is 0.271 e. The fourth-order valence-electron chi connectivity index (χ4n) is 2.29. The molecule has 106 valence electrons. The summed E-state index contributed by atoms with van der Waals surface area (Å²) in [5.74, 6) is 0. The van der Waals surface area contributed by atoms with Crippen LogP contribution in [0.2, 0.25) is 0 Å². The third kappa shape index (κ3) is 4.19. The Morgan fingerprint density at radius 1 is 1.11 bits per heavy atom. The summed E-state index contributed by atoms with van der Waals surface area (Å²) in [6, 6.07) is 5.56. The van der Waals surface area contributed by atoms with Crippen LogP contribution in [0.1, 0.15) is 31.2 Å². The van der Waals surface area contributed by atoms with Crippen molar-refractivity contribution in [3.63, 3.8) is 0 Å². The SMILES string of the molecule is Cc1cc(Br)cc(NS(=O)(=O)N2CCCCCC2)c1. The first-order valence-electron chi connectivity index (χ1n) is 6.52. The summed E-state index contributed by atoms with van der Waals surface area (Å²) in [5.41, 5.74) is 1.62. The van der Waals surface area contributed by atoms with Crippen LogP contribution in [-0.4, -0.2) is 25.8 Å². The molecule has 1 aliphatic rings. The van der Waals surface area contributed by atoms with Crippen LogP contribution >= 0.6 is 15.9 Å². The van der Waals surface area contributed by atoms with E-state index in [0.717, 1.165) is 35.7 Å². The van der Waals surface area contributed by atoms with Gasteiger partial charge in [-0.05, 0) is 43.5 Å². The zero-order chi connectivity index (χ0) is 13.9. The first kappa shape index (κ1) is 14.8. The maximum absolute atomic E-state index is 12.3. The van der Waals surface area contributed by atoms with Crippen LogP contribution in [0.15, 0.2) is 22.7 Å². The van der Waals surface area contributed by atoms with Gasteiger partial charge in [-0.3, -0.25) is 4.72 Å². The number of hydrogen-bond acceptors (Lipinski definition) is 2. The number of rotatable bonds is 3. The molecule has 1 aromatic carbocycles. The number of hydrogen-bond donors (Lipinski definition) is 1. The maximum Gasteiger partial charge on any atom is 0.301 e. The third-order valence-corrected chi connectivity index (χ3v) is 5.19. The van der Waals surface area contributed by atoms with Crippen LogP contribution in [0.4, 0.5) is 5.69 Å². The summed E-state index contributed by atoms with van der Waals surface area (Å²) < 4.78 is 29.8. The Labute approximate surface area is 123 Å². The van der Waals surface area contributed by atoms with Gasteiger partial charge in [0.05, 0.1) is 5.69 Å². The highest BCUT2D eigenvalue weighted by atomic mass is 79.9. The van der Waals surface area contributed by atoms with E-state index in [-0.39, 0.29) is 0 Å². The second kappa shape index (κ2) is 6.24. The minimum atomic E-state index is -3.43. The number of aryl methyl sites for hydroxylation is 1. The Bertz CT molecular complexity index is 517. The molecule has 0 aliphatic carbocycles. The minimum absolute atomic E-state index is 0.608. The second-order valence-corrected chi connectivity index (χ2v) is 7.52. The van der Waals surface area contributed by atoms with E-state index in [1.54, 1.807) is 10.4 Å². The summed E-state index contributed by atoms with van der Waals surface area (Å²) in [6.07, 6.45) is 4.11. The number of benzene rings is 1. The lowest BCUT2D eigenvalue weighted by Gasteiger charge is -2.21. The molecule has 1 aliphatic heterocycles. The van der Waals surface area contributed by atoms with Crippen molar-refractivity contribution in [1.82, 2.24) is 4.31 Å². The van der Waals surface area contributed by atoms with Gasteiger partial charge in [-0.25, -0.2) is 0 Å². The zero-order valence-electron chi connectivity index (χ0n) is 11.0. The van der Waals surface area contributed by atoms with E-state index in [2.05, 4.69) is 20.7 Å². The number of nitrogens with zero attached hydrogens (tertiary/aromatic N) is 1. The molecule has 0 unspecified atom stereocenters. The Hall–Kier alpha value is -0.590. The predicted octanol–water partition coefficient (Wildman–Crippen LogP) is 3.29. The molecule has 1 fully saturated rings. The monoisotopic (exact) mass is 346 g/mol. The van der Waals surface area contributed by atoms with Gasteiger partial charge in [-0.2, -0.15) is 12.7 Å². The largest absolute Gasteiger partial charge is 0.301 e. The van der Waals surface area contributed by atoms with E-state index in [9.17, 15) is 8.42 Å². The maximum atomic E-state index is 12.3. The first-order valence-corrected chi connectivity index (χ1v) is 8.76. The van der Waals surface area contributed by atoms with Gasteiger partial charge in [0.2, 0.25) is 0 Å².